The van der Waals surface area contributed by atoms with Gasteiger partial charge in [0, 0.05) is 7.11 Å². The van der Waals surface area contributed by atoms with E-state index in [1.165, 1.54) is 0 Å². The van der Waals surface area contributed by atoms with Crippen LogP contribution in [-0.4, -0.2) is 18.7 Å². The average molecular weight is 285 g/mol. The summed E-state index contributed by atoms with van der Waals surface area (Å²) < 4.78 is 5.39. The van der Waals surface area contributed by atoms with Crippen molar-refractivity contribution in [2.45, 2.75) is 59.0 Å². The van der Waals surface area contributed by atoms with E-state index in [4.69, 9.17) is 4.74 Å². The Morgan fingerprint density at radius 1 is 1.40 bits per heavy atom. The first kappa shape index (κ1) is 21.2. The lowest BCUT2D eigenvalue weighted by atomic mass is 9.95. The maximum Gasteiger partial charge on any atom is 0.0645 e. The molecule has 4 heteroatoms. The number of carbonyl (C=O) groups is 1. The van der Waals surface area contributed by atoms with Crippen molar-refractivity contribution in [2.75, 3.05) is 7.11 Å². The van der Waals surface area contributed by atoms with Crippen LogP contribution in [0, 0.1) is 5.92 Å². The van der Waals surface area contributed by atoms with E-state index in [9.17, 15) is 9.90 Å². The molecule has 0 saturated carbocycles. The Bertz CT molecular complexity index is 333. The summed E-state index contributed by atoms with van der Waals surface area (Å²) in [5.41, 5.74) is 0.677. The molecule has 0 aliphatic rings. The van der Waals surface area contributed by atoms with E-state index in [1.807, 2.05) is 12.2 Å². The molecule has 0 radical (unpaired) electrons. The van der Waals surface area contributed by atoms with Crippen molar-refractivity contribution >= 4 is 5.97 Å². The van der Waals surface area contributed by atoms with Gasteiger partial charge in [0.15, 0.2) is 0 Å². The van der Waals surface area contributed by atoms with E-state index < -0.39 is 5.97 Å². The Kier molecular flexibility index (Phi) is 11.3. The van der Waals surface area contributed by atoms with Crippen molar-refractivity contribution in [2.24, 2.45) is 5.92 Å². The van der Waals surface area contributed by atoms with Gasteiger partial charge in [0.2, 0.25) is 0 Å². The van der Waals surface area contributed by atoms with Gasteiger partial charge in [-0.3, -0.25) is 0 Å². The second-order valence-electron chi connectivity index (χ2n) is 5.81. The van der Waals surface area contributed by atoms with Crippen LogP contribution in [0.5, 0.6) is 0 Å². The fourth-order valence-corrected chi connectivity index (χ4v) is 1.82. The monoisotopic (exact) mass is 285 g/mol. The lowest BCUT2D eigenvalue weighted by Crippen LogP contribution is -2.22. The lowest BCUT2D eigenvalue weighted by molar-refractivity contribution is -0.297. The van der Waals surface area contributed by atoms with Crippen molar-refractivity contribution in [3.63, 3.8) is 0 Å². The first-order valence-corrected chi connectivity index (χ1v) is 6.88. The number of quaternary nitrogens is 1. The minimum Gasteiger partial charge on any atom is -0.545 e. The molecule has 4 nitrogen and oxygen atoms in total. The third kappa shape index (κ3) is 11.9. The van der Waals surface area contributed by atoms with Crippen LogP contribution >= 0.6 is 0 Å². The van der Waals surface area contributed by atoms with Gasteiger partial charge in [-0.2, -0.15) is 0 Å². The van der Waals surface area contributed by atoms with E-state index in [0.29, 0.717) is 11.5 Å². The van der Waals surface area contributed by atoms with Gasteiger partial charge in [-0.05, 0) is 51.2 Å². The van der Waals surface area contributed by atoms with Gasteiger partial charge in [-0.25, -0.2) is 0 Å². The van der Waals surface area contributed by atoms with Crippen LogP contribution in [0.15, 0.2) is 23.8 Å². The highest BCUT2D eigenvalue weighted by atomic mass is 16.5. The van der Waals surface area contributed by atoms with Crippen LogP contribution in [0.2, 0.25) is 0 Å². The van der Waals surface area contributed by atoms with Crippen LogP contribution in [0.1, 0.15) is 53.4 Å². The number of carbonyl (C=O) groups excluding carboxylic acids is 1. The molecule has 20 heavy (non-hydrogen) atoms. The number of hydrogen-bond acceptors (Lipinski definition) is 3. The molecule has 0 aromatic carbocycles. The SMILES string of the molecule is COC(C)(C)CCC[C@H](C)C/C=C/C(C)=C/C(=O)[O-].[NH4+]. The van der Waals surface area contributed by atoms with Crippen molar-refractivity contribution in [1.29, 1.82) is 0 Å². The standard InChI is InChI=1S/C16H28O3.H3N/c1-13(10-7-11-16(3,4)19-5)8-6-9-14(2)12-15(17)18;/h6,9,12-13H,7-8,10-11H2,1-5H3,(H,17,18);1H3/b9-6+,14-12+;/t13-;/m1./s1. The molecule has 0 aliphatic carbocycles. The molecular weight excluding hydrogens is 254 g/mol. The molecule has 0 saturated heterocycles. The second kappa shape index (κ2) is 10.6. The van der Waals surface area contributed by atoms with Gasteiger partial charge in [0.05, 0.1) is 11.6 Å². The second-order valence-corrected chi connectivity index (χ2v) is 5.81. The number of allylic oxidation sites excluding steroid dienone is 3. The molecule has 0 aliphatic heterocycles. The van der Waals surface area contributed by atoms with E-state index in [-0.39, 0.29) is 11.8 Å². The van der Waals surface area contributed by atoms with Crippen LogP contribution in [0.4, 0.5) is 0 Å². The highest BCUT2D eigenvalue weighted by Crippen LogP contribution is 2.20. The zero-order valence-corrected chi connectivity index (χ0v) is 13.9. The van der Waals surface area contributed by atoms with Gasteiger partial charge < -0.3 is 20.8 Å². The number of aliphatic carboxylic acids is 1. The predicted molar refractivity (Wildman–Crippen MR) is 82.6 cm³/mol. The average Bonchev–Trinajstić information content (AvgIpc) is 2.27. The fourth-order valence-electron chi connectivity index (χ4n) is 1.82. The number of methoxy groups -OCH3 is 1. The molecule has 0 rings (SSSR count). The Hall–Kier alpha value is -1.13. The van der Waals surface area contributed by atoms with Crippen molar-refractivity contribution in [3.8, 4) is 0 Å². The zero-order valence-electron chi connectivity index (χ0n) is 13.9. The van der Waals surface area contributed by atoms with Crippen LogP contribution in [0.3, 0.4) is 0 Å². The number of carboxylic acid groups (broad SMARTS) is 1. The van der Waals surface area contributed by atoms with E-state index in [1.54, 1.807) is 14.0 Å². The summed E-state index contributed by atoms with van der Waals surface area (Å²) in [7, 11) is 1.75. The van der Waals surface area contributed by atoms with Crippen molar-refractivity contribution in [3.05, 3.63) is 23.8 Å². The summed E-state index contributed by atoms with van der Waals surface area (Å²) in [6.07, 6.45) is 9.30. The quantitative estimate of drug-likeness (QED) is 0.521. The van der Waals surface area contributed by atoms with Gasteiger partial charge in [-0.15, -0.1) is 0 Å². The van der Waals surface area contributed by atoms with E-state index >= 15 is 0 Å². The highest BCUT2D eigenvalue weighted by molar-refractivity contribution is 5.79. The topological polar surface area (TPSA) is 85.9 Å². The van der Waals surface area contributed by atoms with E-state index in [2.05, 4.69) is 20.8 Å². The van der Waals surface area contributed by atoms with Crippen molar-refractivity contribution in [1.82, 2.24) is 6.15 Å². The Morgan fingerprint density at radius 2 is 2.00 bits per heavy atom. The summed E-state index contributed by atoms with van der Waals surface area (Å²) in [6, 6.07) is 0. The third-order valence-corrected chi connectivity index (χ3v) is 3.29. The molecule has 1 atom stereocenters. The first-order chi connectivity index (χ1) is 8.76. The molecule has 0 unspecified atom stereocenters. The molecule has 0 aromatic heterocycles. The maximum atomic E-state index is 10.3. The summed E-state index contributed by atoms with van der Waals surface area (Å²) in [6.45, 7) is 8.18. The minimum absolute atomic E-state index is 0. The smallest absolute Gasteiger partial charge is 0.0645 e. The number of ether oxygens (including phenoxy) is 1. The Morgan fingerprint density at radius 3 is 2.50 bits per heavy atom. The van der Waals surface area contributed by atoms with E-state index in [0.717, 1.165) is 31.8 Å². The first-order valence-electron chi connectivity index (χ1n) is 6.88. The fraction of sp³-hybridized carbons (Fsp3) is 0.688. The molecule has 0 fully saturated rings. The lowest BCUT2D eigenvalue weighted by Gasteiger charge is -2.23. The normalized spacial score (nSPS) is 14.2. The van der Waals surface area contributed by atoms with Gasteiger partial charge in [0.1, 0.15) is 0 Å². The Labute approximate surface area is 123 Å². The summed E-state index contributed by atoms with van der Waals surface area (Å²) in [5, 5.41) is 10.3. The molecule has 0 aromatic rings. The van der Waals surface area contributed by atoms with Crippen LogP contribution in [0.25, 0.3) is 0 Å². The third-order valence-electron chi connectivity index (χ3n) is 3.29. The van der Waals surface area contributed by atoms with Gasteiger partial charge in [-0.1, -0.05) is 31.9 Å². The van der Waals surface area contributed by atoms with Crippen molar-refractivity contribution < 1.29 is 14.6 Å². The van der Waals surface area contributed by atoms with Crippen LogP contribution in [-0.2, 0) is 9.53 Å². The highest BCUT2D eigenvalue weighted by Gasteiger charge is 2.15. The molecule has 0 bridgehead atoms. The molecule has 0 heterocycles. The summed E-state index contributed by atoms with van der Waals surface area (Å²) in [4.78, 5) is 10.3. The molecule has 118 valence electrons. The van der Waals surface area contributed by atoms with Gasteiger partial charge in [0.25, 0.3) is 0 Å². The largest absolute Gasteiger partial charge is 0.545 e. The number of carboxylic acids is 1. The molecular formula is C16H31NO3. The summed E-state index contributed by atoms with van der Waals surface area (Å²) >= 11 is 0. The van der Waals surface area contributed by atoms with Gasteiger partial charge >= 0.3 is 0 Å². The van der Waals surface area contributed by atoms with Crippen LogP contribution < -0.4 is 11.3 Å². The summed E-state index contributed by atoms with van der Waals surface area (Å²) in [5.74, 6) is -0.545. The molecule has 0 amide bonds. The minimum atomic E-state index is -1.14. The number of hydrogen-bond donors (Lipinski definition) is 1. The maximum absolute atomic E-state index is 10.3. The predicted octanol–water partition coefficient (Wildman–Crippen LogP) is 3.24. The number of rotatable bonds is 9. The zero-order chi connectivity index (χ0) is 14.9. The molecule has 4 N–H and O–H groups in total. The Balaban J connectivity index is 0. The molecule has 0 spiro atoms.